The second-order valence-corrected chi connectivity index (χ2v) is 2.51. The van der Waals surface area contributed by atoms with Crippen LogP contribution in [0.3, 0.4) is 0 Å². The molecule has 0 fully saturated rings. The van der Waals surface area contributed by atoms with Gasteiger partial charge in [-0.1, -0.05) is 6.92 Å². The first-order chi connectivity index (χ1) is 6.04. The number of ether oxygens (including phenoxy) is 1. The van der Waals surface area contributed by atoms with Crippen LogP contribution in [0, 0.1) is 5.41 Å². The summed E-state index contributed by atoms with van der Waals surface area (Å²) < 4.78 is 4.69. The minimum absolute atomic E-state index is 0.0237. The first-order valence-corrected chi connectivity index (χ1v) is 4.19. The van der Waals surface area contributed by atoms with E-state index in [0.29, 0.717) is 6.42 Å². The van der Waals surface area contributed by atoms with Crippen molar-refractivity contribution in [3.8, 4) is 0 Å². The van der Waals surface area contributed by atoms with Crippen LogP contribution >= 0.6 is 0 Å². The zero-order valence-electron chi connectivity index (χ0n) is 8.18. The lowest BCUT2D eigenvalue weighted by Gasteiger charge is -2.07. The summed E-state index contributed by atoms with van der Waals surface area (Å²) in [6, 6.07) is 0. The molecule has 4 nitrogen and oxygen atoms in total. The summed E-state index contributed by atoms with van der Waals surface area (Å²) in [6.07, 6.45) is 0.395. The Morgan fingerprint density at radius 2 is 2.00 bits per heavy atom. The van der Waals surface area contributed by atoms with Crippen LogP contribution in [0.2, 0.25) is 0 Å². The Bertz CT molecular complexity index is 239. The summed E-state index contributed by atoms with van der Waals surface area (Å²) in [5, 5.41) is 16.6. The minimum Gasteiger partial charge on any atom is -0.512 e. The Hall–Kier alpha value is -1.32. The topological polar surface area (TPSA) is 70.4 Å². The average Bonchev–Trinajstić information content (AvgIpc) is 2.04. The summed E-state index contributed by atoms with van der Waals surface area (Å²) in [7, 11) is 0. The Morgan fingerprint density at radius 3 is 2.31 bits per heavy atom. The third-order valence-corrected chi connectivity index (χ3v) is 1.50. The highest BCUT2D eigenvalue weighted by atomic mass is 16.5. The van der Waals surface area contributed by atoms with Crippen molar-refractivity contribution in [1.29, 1.82) is 5.41 Å². The van der Waals surface area contributed by atoms with Gasteiger partial charge < -0.3 is 15.3 Å². The van der Waals surface area contributed by atoms with E-state index in [4.69, 9.17) is 15.3 Å². The first kappa shape index (κ1) is 11.7. The average molecular weight is 185 g/mol. The highest BCUT2D eigenvalue weighted by Crippen LogP contribution is 2.08. The van der Waals surface area contributed by atoms with Crippen LogP contribution in [-0.4, -0.2) is 23.4 Å². The van der Waals surface area contributed by atoms with Crippen LogP contribution in [0.15, 0.2) is 11.3 Å². The van der Waals surface area contributed by atoms with Gasteiger partial charge in [0.25, 0.3) is 0 Å². The third kappa shape index (κ3) is 3.27. The maximum Gasteiger partial charge on any atom is 0.343 e. The fourth-order valence-corrected chi connectivity index (χ4v) is 0.869. The molecule has 0 aromatic heterocycles. The number of carbonyl (C=O) groups excluding carboxylic acids is 1. The molecule has 74 valence electrons. The number of hydrogen-bond acceptors (Lipinski definition) is 4. The van der Waals surface area contributed by atoms with E-state index in [9.17, 15) is 4.79 Å². The number of allylic oxidation sites excluding steroid dienone is 1. The summed E-state index contributed by atoms with van der Waals surface area (Å²) in [4.78, 5) is 11.2. The zero-order valence-corrected chi connectivity index (χ0v) is 8.18. The molecule has 4 heteroatoms. The minimum atomic E-state index is -0.630. The molecule has 0 heterocycles. The van der Waals surface area contributed by atoms with Gasteiger partial charge in [0.05, 0.1) is 6.61 Å². The fourth-order valence-electron chi connectivity index (χ4n) is 0.869. The standard InChI is InChI=1S/C9H15NO3/c1-4-7(10)8(6(3)11)9(12)13-5-2/h10-11H,4-5H2,1-3H3/b8-6-,10-7?. The SMILES string of the molecule is CCOC(=O)/C(C(=N)CC)=C(/C)O. The van der Waals surface area contributed by atoms with Crippen LogP contribution in [0.25, 0.3) is 0 Å². The van der Waals surface area contributed by atoms with Crippen molar-refractivity contribution in [2.75, 3.05) is 6.61 Å². The lowest BCUT2D eigenvalue weighted by molar-refractivity contribution is -0.138. The number of esters is 1. The van der Waals surface area contributed by atoms with Crippen molar-refractivity contribution >= 4 is 11.7 Å². The molecule has 0 aromatic rings. The molecule has 0 unspecified atom stereocenters. The number of rotatable bonds is 4. The smallest absolute Gasteiger partial charge is 0.343 e. The molecule has 0 aromatic carbocycles. The molecular weight excluding hydrogens is 170 g/mol. The molecule has 0 spiro atoms. The molecule has 2 N–H and O–H groups in total. The van der Waals surface area contributed by atoms with Crippen LogP contribution in [0.4, 0.5) is 0 Å². The lowest BCUT2D eigenvalue weighted by atomic mass is 10.1. The number of nitrogens with one attached hydrogen (secondary N) is 1. The monoisotopic (exact) mass is 185 g/mol. The Kier molecular flexibility index (Phi) is 4.80. The highest BCUT2D eigenvalue weighted by Gasteiger charge is 2.17. The molecule has 0 radical (unpaired) electrons. The zero-order chi connectivity index (χ0) is 10.4. The van der Waals surface area contributed by atoms with Crippen LogP contribution in [0.1, 0.15) is 27.2 Å². The predicted molar refractivity (Wildman–Crippen MR) is 50.0 cm³/mol. The quantitative estimate of drug-likeness (QED) is 0.304. The number of aliphatic hydroxyl groups is 1. The fraction of sp³-hybridized carbons (Fsp3) is 0.556. The second-order valence-electron chi connectivity index (χ2n) is 2.51. The van der Waals surface area contributed by atoms with Crippen molar-refractivity contribution in [2.45, 2.75) is 27.2 Å². The Morgan fingerprint density at radius 1 is 1.46 bits per heavy atom. The van der Waals surface area contributed by atoms with E-state index in [2.05, 4.69) is 0 Å². The number of carbonyl (C=O) groups is 1. The van der Waals surface area contributed by atoms with Gasteiger partial charge >= 0.3 is 5.97 Å². The van der Waals surface area contributed by atoms with Crippen LogP contribution in [0.5, 0.6) is 0 Å². The summed E-state index contributed by atoms with van der Waals surface area (Å²) >= 11 is 0. The lowest BCUT2D eigenvalue weighted by Crippen LogP contribution is -2.16. The van der Waals surface area contributed by atoms with Crippen molar-refractivity contribution in [2.24, 2.45) is 0 Å². The van der Waals surface area contributed by atoms with E-state index >= 15 is 0 Å². The molecule has 0 rings (SSSR count). The molecule has 0 bridgehead atoms. The molecule has 0 saturated carbocycles. The van der Waals surface area contributed by atoms with Crippen LogP contribution in [-0.2, 0) is 9.53 Å². The molecule has 13 heavy (non-hydrogen) atoms. The second kappa shape index (κ2) is 5.35. The number of hydrogen-bond donors (Lipinski definition) is 2. The molecule has 0 aliphatic heterocycles. The van der Waals surface area contributed by atoms with Gasteiger partial charge in [0.15, 0.2) is 0 Å². The summed E-state index contributed by atoms with van der Waals surface area (Å²) in [6.45, 7) is 5.03. The maximum absolute atomic E-state index is 11.2. The Balaban J connectivity index is 4.75. The van der Waals surface area contributed by atoms with Gasteiger partial charge in [-0.15, -0.1) is 0 Å². The van der Waals surface area contributed by atoms with E-state index in [1.807, 2.05) is 0 Å². The largest absolute Gasteiger partial charge is 0.512 e. The normalized spacial score (nSPS) is 11.9. The third-order valence-electron chi connectivity index (χ3n) is 1.50. The molecule has 0 aliphatic carbocycles. The van der Waals surface area contributed by atoms with Crippen LogP contribution < -0.4 is 0 Å². The van der Waals surface area contributed by atoms with Gasteiger partial charge in [0.2, 0.25) is 0 Å². The molecular formula is C9H15NO3. The van der Waals surface area contributed by atoms with Gasteiger partial charge in [-0.3, -0.25) is 0 Å². The van der Waals surface area contributed by atoms with Crippen molar-refractivity contribution in [3.05, 3.63) is 11.3 Å². The molecule has 0 aliphatic rings. The molecule has 0 atom stereocenters. The highest BCUT2D eigenvalue weighted by molar-refractivity contribution is 6.18. The maximum atomic E-state index is 11.2. The van der Waals surface area contributed by atoms with E-state index in [1.54, 1.807) is 13.8 Å². The van der Waals surface area contributed by atoms with E-state index < -0.39 is 5.97 Å². The molecule has 0 saturated heterocycles. The van der Waals surface area contributed by atoms with Crippen molar-refractivity contribution in [3.63, 3.8) is 0 Å². The first-order valence-electron chi connectivity index (χ1n) is 4.19. The van der Waals surface area contributed by atoms with E-state index in [-0.39, 0.29) is 23.7 Å². The van der Waals surface area contributed by atoms with Gasteiger partial charge in [-0.05, 0) is 20.3 Å². The van der Waals surface area contributed by atoms with Gasteiger partial charge in [0.1, 0.15) is 11.3 Å². The van der Waals surface area contributed by atoms with Crippen molar-refractivity contribution in [1.82, 2.24) is 0 Å². The van der Waals surface area contributed by atoms with Gasteiger partial charge in [-0.2, -0.15) is 0 Å². The van der Waals surface area contributed by atoms with E-state index in [0.717, 1.165) is 0 Å². The molecule has 0 amide bonds. The van der Waals surface area contributed by atoms with Gasteiger partial charge in [0, 0.05) is 5.71 Å². The number of aliphatic hydroxyl groups excluding tert-OH is 1. The van der Waals surface area contributed by atoms with Gasteiger partial charge in [-0.25, -0.2) is 4.79 Å². The van der Waals surface area contributed by atoms with Crippen molar-refractivity contribution < 1.29 is 14.6 Å². The van der Waals surface area contributed by atoms with E-state index in [1.165, 1.54) is 6.92 Å². The summed E-state index contributed by atoms with van der Waals surface area (Å²) in [5.74, 6) is -0.792. The predicted octanol–water partition coefficient (Wildman–Crippen LogP) is 1.81. The summed E-state index contributed by atoms with van der Waals surface area (Å²) in [5.41, 5.74) is 0.0720. The Labute approximate surface area is 77.7 Å².